The van der Waals surface area contributed by atoms with Crippen molar-refractivity contribution in [1.29, 1.82) is 0 Å². The van der Waals surface area contributed by atoms with Crippen LogP contribution >= 0.6 is 0 Å². The van der Waals surface area contributed by atoms with Gasteiger partial charge in [0.05, 0.1) is 30.1 Å². The van der Waals surface area contributed by atoms with Crippen molar-refractivity contribution < 1.29 is 13.9 Å². The largest absolute Gasteiger partial charge is 0.468 e. The third-order valence-electron chi connectivity index (χ3n) is 3.67. The molecule has 3 atom stereocenters. The predicted molar refractivity (Wildman–Crippen MR) is 73.4 cm³/mol. The standard InChI is InChI=1S/C15H23NO3/c1-8(2)14-13(9(3)7-18-14)15(17)16-12-6-10(4)19-11(12)5/h7-8,10-12H,6H2,1-5H3,(H,16,17). The SMILES string of the molecule is Cc1coc(C(C)C)c1C(=O)NC1CC(C)OC1C. The highest BCUT2D eigenvalue weighted by Crippen LogP contribution is 2.26. The molecule has 1 aromatic heterocycles. The van der Waals surface area contributed by atoms with Crippen molar-refractivity contribution in [2.45, 2.75) is 65.2 Å². The molecule has 4 nitrogen and oxygen atoms in total. The van der Waals surface area contributed by atoms with Gasteiger partial charge in [-0.25, -0.2) is 0 Å². The number of furan rings is 1. The minimum Gasteiger partial charge on any atom is -0.468 e. The van der Waals surface area contributed by atoms with Crippen LogP contribution in [-0.2, 0) is 4.74 Å². The van der Waals surface area contributed by atoms with E-state index in [2.05, 4.69) is 5.32 Å². The lowest BCUT2D eigenvalue weighted by atomic mass is 10.0. The summed E-state index contributed by atoms with van der Waals surface area (Å²) in [6, 6.07) is 0.0804. The maximum Gasteiger partial charge on any atom is 0.255 e. The maximum absolute atomic E-state index is 12.4. The second-order valence-electron chi connectivity index (χ2n) is 5.78. The van der Waals surface area contributed by atoms with Gasteiger partial charge in [-0.3, -0.25) is 4.79 Å². The smallest absolute Gasteiger partial charge is 0.255 e. The summed E-state index contributed by atoms with van der Waals surface area (Å²) in [4.78, 5) is 12.4. The summed E-state index contributed by atoms with van der Waals surface area (Å²) in [6.07, 6.45) is 2.78. The van der Waals surface area contributed by atoms with Crippen molar-refractivity contribution in [2.75, 3.05) is 0 Å². The molecular formula is C15H23NO3. The van der Waals surface area contributed by atoms with Crippen LogP contribution in [0.3, 0.4) is 0 Å². The molecule has 0 aliphatic carbocycles. The van der Waals surface area contributed by atoms with Crippen molar-refractivity contribution in [1.82, 2.24) is 5.32 Å². The van der Waals surface area contributed by atoms with E-state index in [1.54, 1.807) is 6.26 Å². The van der Waals surface area contributed by atoms with Crippen LogP contribution in [-0.4, -0.2) is 24.2 Å². The number of nitrogens with one attached hydrogen (secondary N) is 1. The summed E-state index contributed by atoms with van der Waals surface area (Å²) >= 11 is 0. The summed E-state index contributed by atoms with van der Waals surface area (Å²) in [7, 11) is 0. The Balaban J connectivity index is 2.14. The molecule has 0 aromatic carbocycles. The van der Waals surface area contributed by atoms with Gasteiger partial charge in [-0.05, 0) is 27.2 Å². The van der Waals surface area contributed by atoms with Crippen LogP contribution in [0.25, 0.3) is 0 Å². The summed E-state index contributed by atoms with van der Waals surface area (Å²) in [5, 5.41) is 3.07. The minimum atomic E-state index is -0.0514. The normalized spacial score (nSPS) is 26.9. The van der Waals surface area contributed by atoms with E-state index >= 15 is 0 Å². The molecule has 1 amide bonds. The molecule has 0 radical (unpaired) electrons. The van der Waals surface area contributed by atoms with Gasteiger partial charge in [0.25, 0.3) is 5.91 Å². The van der Waals surface area contributed by atoms with E-state index in [9.17, 15) is 4.79 Å². The zero-order chi connectivity index (χ0) is 14.2. The van der Waals surface area contributed by atoms with Crippen LogP contribution in [0.4, 0.5) is 0 Å². The number of hydrogen-bond acceptors (Lipinski definition) is 3. The molecular weight excluding hydrogens is 242 g/mol. The van der Waals surface area contributed by atoms with E-state index in [1.165, 1.54) is 0 Å². The maximum atomic E-state index is 12.4. The lowest BCUT2D eigenvalue weighted by Crippen LogP contribution is -2.39. The van der Waals surface area contributed by atoms with E-state index in [-0.39, 0.29) is 30.1 Å². The Labute approximate surface area is 114 Å². The Kier molecular flexibility index (Phi) is 3.99. The van der Waals surface area contributed by atoms with Gasteiger partial charge in [0, 0.05) is 11.5 Å². The van der Waals surface area contributed by atoms with Crippen molar-refractivity contribution in [3.8, 4) is 0 Å². The van der Waals surface area contributed by atoms with Crippen LogP contribution in [0.2, 0.25) is 0 Å². The first kappa shape index (κ1) is 14.1. The highest BCUT2D eigenvalue weighted by Gasteiger charge is 2.32. The molecule has 1 aliphatic rings. The zero-order valence-corrected chi connectivity index (χ0v) is 12.3. The van der Waals surface area contributed by atoms with Crippen LogP contribution in [0, 0.1) is 6.92 Å². The summed E-state index contributed by atoms with van der Waals surface area (Å²) < 4.78 is 11.2. The molecule has 1 saturated heterocycles. The monoisotopic (exact) mass is 265 g/mol. The van der Waals surface area contributed by atoms with Gasteiger partial charge < -0.3 is 14.5 Å². The quantitative estimate of drug-likeness (QED) is 0.914. The topological polar surface area (TPSA) is 51.5 Å². The number of aryl methyl sites for hydroxylation is 1. The lowest BCUT2D eigenvalue weighted by molar-refractivity contribution is 0.0584. The molecule has 4 heteroatoms. The molecule has 1 N–H and O–H groups in total. The number of ether oxygens (including phenoxy) is 1. The molecule has 1 aliphatic heterocycles. The number of carbonyl (C=O) groups is 1. The van der Waals surface area contributed by atoms with Gasteiger partial charge >= 0.3 is 0 Å². The number of rotatable bonds is 3. The fraction of sp³-hybridized carbons (Fsp3) is 0.667. The molecule has 3 unspecified atom stereocenters. The van der Waals surface area contributed by atoms with Crippen molar-refractivity contribution >= 4 is 5.91 Å². The molecule has 1 aromatic rings. The van der Waals surface area contributed by atoms with Crippen LogP contribution < -0.4 is 5.32 Å². The molecule has 2 heterocycles. The Morgan fingerprint density at radius 1 is 1.42 bits per heavy atom. The van der Waals surface area contributed by atoms with E-state index in [1.807, 2.05) is 34.6 Å². The second-order valence-corrected chi connectivity index (χ2v) is 5.78. The van der Waals surface area contributed by atoms with Gasteiger partial charge in [-0.15, -0.1) is 0 Å². The van der Waals surface area contributed by atoms with Crippen molar-refractivity contribution in [3.05, 3.63) is 23.2 Å². The highest BCUT2D eigenvalue weighted by molar-refractivity contribution is 5.97. The fourth-order valence-corrected chi connectivity index (χ4v) is 2.66. The number of amides is 1. The van der Waals surface area contributed by atoms with Crippen molar-refractivity contribution in [2.24, 2.45) is 0 Å². The third kappa shape index (κ3) is 2.84. The first-order valence-corrected chi connectivity index (χ1v) is 6.94. The first-order valence-electron chi connectivity index (χ1n) is 6.94. The molecule has 19 heavy (non-hydrogen) atoms. The van der Waals surface area contributed by atoms with E-state index in [0.717, 1.165) is 17.7 Å². The van der Waals surface area contributed by atoms with E-state index < -0.39 is 0 Å². The molecule has 0 bridgehead atoms. The second kappa shape index (κ2) is 5.37. The predicted octanol–water partition coefficient (Wildman–Crippen LogP) is 3.01. The van der Waals surface area contributed by atoms with Crippen LogP contribution in [0.15, 0.2) is 10.7 Å². The Morgan fingerprint density at radius 2 is 2.11 bits per heavy atom. The number of carbonyl (C=O) groups excluding carboxylic acids is 1. The molecule has 0 spiro atoms. The van der Waals surface area contributed by atoms with E-state index in [4.69, 9.17) is 9.15 Å². The van der Waals surface area contributed by atoms with Crippen molar-refractivity contribution in [3.63, 3.8) is 0 Å². The Bertz CT molecular complexity index is 464. The third-order valence-corrected chi connectivity index (χ3v) is 3.67. The van der Waals surface area contributed by atoms with Gasteiger partial charge in [-0.2, -0.15) is 0 Å². The van der Waals surface area contributed by atoms with Gasteiger partial charge in [0.15, 0.2) is 0 Å². The van der Waals surface area contributed by atoms with Crippen LogP contribution in [0.1, 0.15) is 61.7 Å². The highest BCUT2D eigenvalue weighted by atomic mass is 16.5. The average Bonchev–Trinajstić information content (AvgIpc) is 2.82. The summed E-state index contributed by atoms with van der Waals surface area (Å²) in [6.45, 7) is 9.99. The summed E-state index contributed by atoms with van der Waals surface area (Å²) in [5.41, 5.74) is 1.57. The van der Waals surface area contributed by atoms with Gasteiger partial charge in [0.2, 0.25) is 0 Å². The first-order chi connectivity index (χ1) is 8.90. The van der Waals surface area contributed by atoms with Crippen LogP contribution in [0.5, 0.6) is 0 Å². The molecule has 0 saturated carbocycles. The fourth-order valence-electron chi connectivity index (χ4n) is 2.66. The number of hydrogen-bond donors (Lipinski definition) is 1. The molecule has 106 valence electrons. The average molecular weight is 265 g/mol. The Hall–Kier alpha value is -1.29. The van der Waals surface area contributed by atoms with E-state index in [0.29, 0.717) is 5.56 Å². The molecule has 2 rings (SSSR count). The van der Waals surface area contributed by atoms with Gasteiger partial charge in [-0.1, -0.05) is 13.8 Å². The Morgan fingerprint density at radius 3 is 2.63 bits per heavy atom. The lowest BCUT2D eigenvalue weighted by Gasteiger charge is -2.16. The minimum absolute atomic E-state index is 0.0514. The zero-order valence-electron chi connectivity index (χ0n) is 12.3. The summed E-state index contributed by atoms with van der Waals surface area (Å²) in [5.74, 6) is 0.907. The molecule has 1 fully saturated rings. The van der Waals surface area contributed by atoms with Gasteiger partial charge in [0.1, 0.15) is 5.76 Å².